The minimum atomic E-state index is 0.0896. The van der Waals surface area contributed by atoms with Gasteiger partial charge in [0.25, 0.3) is 0 Å². The zero-order valence-electron chi connectivity index (χ0n) is 9.11. The van der Waals surface area contributed by atoms with E-state index in [1.807, 2.05) is 43.7 Å². The van der Waals surface area contributed by atoms with Gasteiger partial charge in [-0.3, -0.25) is 4.79 Å². The second-order valence-electron chi connectivity index (χ2n) is 3.05. The highest BCUT2D eigenvalue weighted by molar-refractivity contribution is 8.21. The third kappa shape index (κ3) is 3.43. The molecule has 0 heterocycles. The lowest BCUT2D eigenvalue weighted by Crippen LogP contribution is -1.97. The molecule has 0 aliphatic rings. The summed E-state index contributed by atoms with van der Waals surface area (Å²) in [4.78, 5) is 11.9. The molecule has 1 aromatic rings. The van der Waals surface area contributed by atoms with Crippen molar-refractivity contribution < 1.29 is 4.79 Å². The van der Waals surface area contributed by atoms with E-state index in [2.05, 4.69) is 0 Å². The zero-order valence-corrected chi connectivity index (χ0v) is 10.7. The molecule has 0 radical (unpaired) electrons. The van der Waals surface area contributed by atoms with E-state index in [1.165, 1.54) is 0 Å². The minimum absolute atomic E-state index is 0.0896. The molecule has 0 N–H and O–H groups in total. The monoisotopic (exact) mass is 238 g/mol. The van der Waals surface area contributed by atoms with Gasteiger partial charge in [0.1, 0.15) is 0 Å². The third-order valence-corrected chi connectivity index (χ3v) is 4.10. The highest BCUT2D eigenvalue weighted by Gasteiger charge is 2.06. The summed E-state index contributed by atoms with van der Waals surface area (Å²) in [5.41, 5.74) is 1.82. The van der Waals surface area contributed by atoms with Crippen molar-refractivity contribution in [1.29, 1.82) is 0 Å². The number of carbonyl (C=O) groups is 1. The van der Waals surface area contributed by atoms with Crippen LogP contribution in [0, 0.1) is 6.92 Å². The second kappa shape index (κ2) is 6.03. The van der Waals surface area contributed by atoms with Crippen LogP contribution in [0.5, 0.6) is 0 Å². The maximum atomic E-state index is 11.9. The van der Waals surface area contributed by atoms with E-state index in [9.17, 15) is 4.79 Å². The van der Waals surface area contributed by atoms with Crippen LogP contribution >= 0.6 is 23.5 Å². The van der Waals surface area contributed by atoms with Crippen molar-refractivity contribution in [2.75, 3.05) is 12.5 Å². The predicted molar refractivity (Wildman–Crippen MR) is 70.6 cm³/mol. The van der Waals surface area contributed by atoms with Crippen LogP contribution in [0.15, 0.2) is 34.6 Å². The van der Waals surface area contributed by atoms with Crippen molar-refractivity contribution in [3.8, 4) is 0 Å². The average molecular weight is 238 g/mol. The SMILES string of the molecule is CSC(=CC(=O)c1ccccc1C)SC. The van der Waals surface area contributed by atoms with Crippen molar-refractivity contribution in [2.24, 2.45) is 0 Å². The Labute approximate surface area is 99.3 Å². The van der Waals surface area contributed by atoms with Crippen LogP contribution in [0.3, 0.4) is 0 Å². The molecular formula is C12H14OS2. The summed E-state index contributed by atoms with van der Waals surface area (Å²) in [5.74, 6) is 0.0896. The van der Waals surface area contributed by atoms with E-state index in [1.54, 1.807) is 29.6 Å². The number of thioether (sulfide) groups is 2. The van der Waals surface area contributed by atoms with Crippen LogP contribution in [0.1, 0.15) is 15.9 Å². The van der Waals surface area contributed by atoms with Crippen LogP contribution < -0.4 is 0 Å². The van der Waals surface area contributed by atoms with E-state index < -0.39 is 0 Å². The fourth-order valence-corrected chi connectivity index (χ4v) is 2.35. The summed E-state index contributed by atoms with van der Waals surface area (Å²) in [6.45, 7) is 1.96. The van der Waals surface area contributed by atoms with Crippen LogP contribution in [-0.2, 0) is 0 Å². The summed E-state index contributed by atoms with van der Waals surface area (Å²) in [7, 11) is 0. The Morgan fingerprint density at radius 3 is 2.33 bits per heavy atom. The molecule has 1 rings (SSSR count). The fourth-order valence-electron chi connectivity index (χ4n) is 1.24. The molecule has 1 nitrogen and oxygen atoms in total. The van der Waals surface area contributed by atoms with Gasteiger partial charge in [0.15, 0.2) is 5.78 Å². The Morgan fingerprint density at radius 2 is 1.80 bits per heavy atom. The Morgan fingerprint density at radius 1 is 1.20 bits per heavy atom. The topological polar surface area (TPSA) is 17.1 Å². The smallest absolute Gasteiger partial charge is 0.187 e. The molecule has 0 aliphatic heterocycles. The summed E-state index contributed by atoms with van der Waals surface area (Å²) in [6.07, 6.45) is 5.67. The number of hydrogen-bond acceptors (Lipinski definition) is 3. The number of allylic oxidation sites excluding steroid dienone is 1. The summed E-state index contributed by atoms with van der Waals surface area (Å²) in [6, 6.07) is 7.66. The molecule has 0 aliphatic carbocycles. The van der Waals surface area contributed by atoms with E-state index in [4.69, 9.17) is 0 Å². The summed E-state index contributed by atoms with van der Waals surface area (Å²) < 4.78 is 1.04. The molecule has 3 heteroatoms. The molecule has 1 aromatic carbocycles. The van der Waals surface area contributed by atoms with Crippen molar-refractivity contribution in [2.45, 2.75) is 6.92 Å². The third-order valence-electron chi connectivity index (χ3n) is 2.06. The van der Waals surface area contributed by atoms with Crippen molar-refractivity contribution in [1.82, 2.24) is 0 Å². The van der Waals surface area contributed by atoms with E-state index in [-0.39, 0.29) is 5.78 Å². The molecule has 0 fully saturated rings. The van der Waals surface area contributed by atoms with Gasteiger partial charge in [-0.25, -0.2) is 0 Å². The predicted octanol–water partition coefficient (Wildman–Crippen LogP) is 3.75. The molecule has 0 unspecified atom stereocenters. The Balaban J connectivity index is 2.95. The Kier molecular flexibility index (Phi) is 4.99. The standard InChI is InChI=1S/C12H14OS2/c1-9-6-4-5-7-10(9)11(13)8-12(14-2)15-3/h4-8H,1-3H3. The van der Waals surface area contributed by atoms with Crippen molar-refractivity contribution >= 4 is 29.3 Å². The lowest BCUT2D eigenvalue weighted by atomic mass is 10.1. The van der Waals surface area contributed by atoms with Gasteiger partial charge in [0.05, 0.1) is 0 Å². The summed E-state index contributed by atoms with van der Waals surface area (Å²) in [5, 5.41) is 0. The molecule has 80 valence electrons. The molecule has 0 spiro atoms. The maximum Gasteiger partial charge on any atom is 0.187 e. The Hall–Kier alpha value is -0.670. The van der Waals surface area contributed by atoms with Gasteiger partial charge in [0, 0.05) is 15.9 Å². The van der Waals surface area contributed by atoms with Crippen LogP contribution in [0.4, 0.5) is 0 Å². The Bertz CT molecular complexity index is 377. The minimum Gasteiger partial charge on any atom is -0.289 e. The molecule has 0 bridgehead atoms. The molecule has 0 saturated carbocycles. The first-order valence-electron chi connectivity index (χ1n) is 4.58. The van der Waals surface area contributed by atoms with Gasteiger partial charge in [-0.1, -0.05) is 24.3 Å². The molecule has 15 heavy (non-hydrogen) atoms. The molecule has 0 atom stereocenters. The number of ketones is 1. The molecule has 0 amide bonds. The fraction of sp³-hybridized carbons (Fsp3) is 0.250. The van der Waals surface area contributed by atoms with Gasteiger partial charge in [0.2, 0.25) is 0 Å². The first-order chi connectivity index (χ1) is 7.19. The van der Waals surface area contributed by atoms with E-state index in [0.29, 0.717) is 0 Å². The number of hydrogen-bond donors (Lipinski definition) is 0. The number of benzene rings is 1. The van der Waals surface area contributed by atoms with Crippen molar-refractivity contribution in [3.05, 3.63) is 45.7 Å². The van der Waals surface area contributed by atoms with Gasteiger partial charge >= 0.3 is 0 Å². The molecule has 0 saturated heterocycles. The second-order valence-corrected chi connectivity index (χ2v) is 5.01. The number of carbonyl (C=O) groups excluding carboxylic acids is 1. The van der Waals surface area contributed by atoms with E-state index in [0.717, 1.165) is 15.4 Å². The highest BCUT2D eigenvalue weighted by atomic mass is 32.2. The lowest BCUT2D eigenvalue weighted by Gasteiger charge is -2.02. The van der Waals surface area contributed by atoms with Crippen LogP contribution in [0.2, 0.25) is 0 Å². The van der Waals surface area contributed by atoms with Crippen LogP contribution in [0.25, 0.3) is 0 Å². The zero-order chi connectivity index (χ0) is 11.3. The first-order valence-corrected chi connectivity index (χ1v) is 7.03. The number of rotatable bonds is 4. The van der Waals surface area contributed by atoms with Gasteiger partial charge < -0.3 is 0 Å². The van der Waals surface area contributed by atoms with Gasteiger partial charge in [-0.05, 0) is 25.0 Å². The van der Waals surface area contributed by atoms with Gasteiger partial charge in [-0.2, -0.15) is 0 Å². The average Bonchev–Trinajstić information content (AvgIpc) is 2.26. The number of aryl methyl sites for hydroxylation is 1. The van der Waals surface area contributed by atoms with E-state index >= 15 is 0 Å². The summed E-state index contributed by atoms with van der Waals surface area (Å²) >= 11 is 3.20. The van der Waals surface area contributed by atoms with Crippen LogP contribution in [-0.4, -0.2) is 18.3 Å². The highest BCUT2D eigenvalue weighted by Crippen LogP contribution is 2.24. The van der Waals surface area contributed by atoms with Gasteiger partial charge in [-0.15, -0.1) is 23.5 Å². The maximum absolute atomic E-state index is 11.9. The quantitative estimate of drug-likeness (QED) is 0.587. The normalized spacial score (nSPS) is 9.80. The first kappa shape index (κ1) is 12.4. The molecular weight excluding hydrogens is 224 g/mol. The lowest BCUT2D eigenvalue weighted by molar-refractivity contribution is 0.104. The van der Waals surface area contributed by atoms with Crippen molar-refractivity contribution in [3.63, 3.8) is 0 Å². The largest absolute Gasteiger partial charge is 0.289 e. The molecule has 0 aromatic heterocycles.